The molecule has 1 fully saturated rings. The molecule has 3 rings (SSSR count). The average molecular weight is 271 g/mol. The second-order valence-corrected chi connectivity index (χ2v) is 6.21. The van der Waals surface area contributed by atoms with E-state index >= 15 is 0 Å². The maximum absolute atomic E-state index is 11.9. The summed E-state index contributed by atoms with van der Waals surface area (Å²) in [4.78, 5) is 0. The van der Waals surface area contributed by atoms with Crippen molar-refractivity contribution in [3.8, 4) is 0 Å². The summed E-state index contributed by atoms with van der Waals surface area (Å²) < 4.78 is 0.947. The molecule has 20 heavy (non-hydrogen) atoms. The quantitative estimate of drug-likeness (QED) is 0.640. The van der Waals surface area contributed by atoms with Gasteiger partial charge in [-0.25, -0.2) is 0 Å². The maximum Gasteiger partial charge on any atom is 0.223 e. The Hall–Kier alpha value is -1.61. The lowest BCUT2D eigenvalue weighted by molar-refractivity contribution is -0.577. The normalized spacial score (nSPS) is 26.9. The number of rotatable bonds is 1. The van der Waals surface area contributed by atoms with Crippen molar-refractivity contribution in [2.45, 2.75) is 45.1 Å². The number of aromatic nitrogens is 1. The zero-order valence-electron chi connectivity index (χ0n) is 12.0. The molecule has 1 saturated carbocycles. The van der Waals surface area contributed by atoms with E-state index < -0.39 is 0 Å². The summed E-state index contributed by atoms with van der Waals surface area (Å²) in [7, 11) is 0. The first-order chi connectivity index (χ1) is 9.54. The predicted molar refractivity (Wildman–Crippen MR) is 79.4 cm³/mol. The molecule has 3 unspecified atom stereocenters. The minimum atomic E-state index is -0.146. The molecule has 1 heterocycles. The zero-order chi connectivity index (χ0) is 14.3. The van der Waals surface area contributed by atoms with Crippen molar-refractivity contribution in [2.24, 2.45) is 5.92 Å². The van der Waals surface area contributed by atoms with E-state index in [-0.39, 0.29) is 6.10 Å². The van der Waals surface area contributed by atoms with Crippen LogP contribution in [0.1, 0.15) is 43.2 Å². The highest BCUT2D eigenvalue weighted by molar-refractivity contribution is 5.77. The second kappa shape index (κ2) is 5.06. The van der Waals surface area contributed by atoms with E-state index in [4.69, 9.17) is 0 Å². The fraction of sp³-hybridized carbons (Fsp3) is 0.471. The van der Waals surface area contributed by atoms with Gasteiger partial charge in [-0.2, -0.15) is 4.73 Å². The van der Waals surface area contributed by atoms with Crippen LogP contribution in [0.25, 0.3) is 10.9 Å². The van der Waals surface area contributed by atoms with E-state index in [2.05, 4.69) is 25.1 Å². The monoisotopic (exact) mass is 271 g/mol. The summed E-state index contributed by atoms with van der Waals surface area (Å²) in [6.45, 7) is 4.15. The summed E-state index contributed by atoms with van der Waals surface area (Å²) in [5.41, 5.74) is 3.00. The van der Waals surface area contributed by atoms with Crippen LogP contribution in [-0.2, 0) is 0 Å². The minimum Gasteiger partial charge on any atom is -0.618 e. The van der Waals surface area contributed by atoms with Gasteiger partial charge >= 0.3 is 0 Å². The van der Waals surface area contributed by atoms with E-state index in [0.717, 1.165) is 40.5 Å². The van der Waals surface area contributed by atoms with Crippen LogP contribution in [0.4, 0.5) is 0 Å². The van der Waals surface area contributed by atoms with E-state index in [1.165, 1.54) is 5.56 Å². The van der Waals surface area contributed by atoms with Crippen molar-refractivity contribution in [2.75, 3.05) is 0 Å². The van der Waals surface area contributed by atoms with Crippen molar-refractivity contribution >= 4 is 10.9 Å². The molecule has 3 atom stereocenters. The van der Waals surface area contributed by atoms with Crippen molar-refractivity contribution in [1.82, 2.24) is 0 Å². The number of benzene rings is 1. The summed E-state index contributed by atoms with van der Waals surface area (Å²) in [6, 6.07) is 8.21. The largest absolute Gasteiger partial charge is 0.618 e. The molecular weight excluding hydrogens is 250 g/mol. The van der Waals surface area contributed by atoms with Crippen molar-refractivity contribution in [1.29, 1.82) is 0 Å². The third kappa shape index (κ3) is 2.38. The molecule has 1 aliphatic rings. The molecule has 1 aromatic carbocycles. The average Bonchev–Trinajstić information content (AvgIpc) is 2.37. The number of nitrogens with zero attached hydrogens (tertiary/aromatic N) is 1. The van der Waals surface area contributed by atoms with Crippen LogP contribution in [0.2, 0.25) is 0 Å². The van der Waals surface area contributed by atoms with Crippen LogP contribution >= 0.6 is 0 Å². The first-order valence-electron chi connectivity index (χ1n) is 7.36. The van der Waals surface area contributed by atoms with Crippen molar-refractivity contribution in [3.63, 3.8) is 0 Å². The first kappa shape index (κ1) is 13.4. The number of aliphatic hydroxyl groups excluding tert-OH is 1. The smallest absolute Gasteiger partial charge is 0.223 e. The van der Waals surface area contributed by atoms with Crippen LogP contribution in [0, 0.1) is 18.0 Å². The number of aryl methyl sites for hydroxylation is 1. The van der Waals surface area contributed by atoms with Gasteiger partial charge < -0.3 is 10.3 Å². The number of hydrogen-bond donors (Lipinski definition) is 1. The van der Waals surface area contributed by atoms with Crippen molar-refractivity contribution < 1.29 is 9.84 Å². The summed E-state index contributed by atoms with van der Waals surface area (Å²) in [5.74, 6) is 0.976. The lowest BCUT2D eigenvalue weighted by Crippen LogP contribution is -2.27. The number of pyridine rings is 1. The highest BCUT2D eigenvalue weighted by Gasteiger charge is 2.27. The Morgan fingerprint density at radius 3 is 2.80 bits per heavy atom. The fourth-order valence-electron chi connectivity index (χ4n) is 3.52. The highest BCUT2D eigenvalue weighted by atomic mass is 16.5. The third-order valence-electron chi connectivity index (χ3n) is 4.56. The first-order valence-corrected chi connectivity index (χ1v) is 7.36. The molecule has 0 amide bonds. The summed E-state index contributed by atoms with van der Waals surface area (Å²) in [6.07, 6.45) is 4.24. The number of hydrogen-bond acceptors (Lipinski definition) is 2. The molecule has 3 nitrogen and oxygen atoms in total. The molecule has 3 heteroatoms. The summed E-state index contributed by atoms with van der Waals surface area (Å²) in [5, 5.41) is 22.6. The third-order valence-corrected chi connectivity index (χ3v) is 4.56. The maximum atomic E-state index is 11.9. The molecule has 1 N–H and O–H groups in total. The second-order valence-electron chi connectivity index (χ2n) is 6.21. The van der Waals surface area contributed by atoms with Crippen LogP contribution in [-0.4, -0.2) is 11.2 Å². The lowest BCUT2D eigenvalue weighted by atomic mass is 9.75. The van der Waals surface area contributed by atoms with Gasteiger partial charge in [-0.3, -0.25) is 0 Å². The Kier molecular flexibility index (Phi) is 3.38. The minimum absolute atomic E-state index is 0.146. The SMILES string of the molecule is Cc1cc2cc(C3CCC(O)CC3C)ccc2[n+]([O-])c1. The zero-order valence-corrected chi connectivity index (χ0v) is 12.0. The molecule has 0 spiro atoms. The topological polar surface area (TPSA) is 47.2 Å². The van der Waals surface area contributed by atoms with Gasteiger partial charge in [0.2, 0.25) is 5.52 Å². The molecule has 1 aromatic heterocycles. The van der Waals surface area contributed by atoms with Crippen LogP contribution in [0.3, 0.4) is 0 Å². The van der Waals surface area contributed by atoms with E-state index in [1.54, 1.807) is 6.20 Å². The lowest BCUT2D eigenvalue weighted by Gasteiger charge is -2.32. The highest BCUT2D eigenvalue weighted by Crippen LogP contribution is 2.38. The fourth-order valence-corrected chi connectivity index (χ4v) is 3.52. The molecule has 0 aliphatic heterocycles. The van der Waals surface area contributed by atoms with E-state index in [0.29, 0.717) is 11.8 Å². The number of aliphatic hydroxyl groups is 1. The molecule has 0 saturated heterocycles. The van der Waals surface area contributed by atoms with Gasteiger partial charge in [0, 0.05) is 17.0 Å². The summed E-state index contributed by atoms with van der Waals surface area (Å²) >= 11 is 0. The molecule has 2 aromatic rings. The Balaban J connectivity index is 2.00. The Bertz CT molecular complexity index is 638. The van der Waals surface area contributed by atoms with Crippen molar-refractivity contribution in [3.05, 3.63) is 46.8 Å². The van der Waals surface area contributed by atoms with Crippen LogP contribution < -0.4 is 4.73 Å². The van der Waals surface area contributed by atoms with Gasteiger partial charge in [-0.15, -0.1) is 0 Å². The molecule has 0 bridgehead atoms. The van der Waals surface area contributed by atoms with E-state index in [1.807, 2.05) is 13.0 Å². The van der Waals surface area contributed by atoms with Gasteiger partial charge in [-0.1, -0.05) is 13.0 Å². The van der Waals surface area contributed by atoms with Crippen LogP contribution in [0.5, 0.6) is 0 Å². The molecular formula is C17H21NO2. The van der Waals surface area contributed by atoms with Gasteiger partial charge in [0.15, 0.2) is 6.20 Å². The predicted octanol–water partition coefficient (Wildman–Crippen LogP) is 3.05. The van der Waals surface area contributed by atoms with Gasteiger partial charge in [0.05, 0.1) is 6.10 Å². The molecule has 106 valence electrons. The van der Waals surface area contributed by atoms with Crippen LogP contribution in [0.15, 0.2) is 30.5 Å². The van der Waals surface area contributed by atoms with E-state index in [9.17, 15) is 10.3 Å². The molecule has 0 radical (unpaired) electrons. The van der Waals surface area contributed by atoms with Gasteiger partial charge in [0.25, 0.3) is 0 Å². The Morgan fingerprint density at radius 1 is 1.25 bits per heavy atom. The number of fused-ring (bicyclic) bond motifs is 1. The Morgan fingerprint density at radius 2 is 2.05 bits per heavy atom. The van der Waals surface area contributed by atoms with Gasteiger partial charge in [-0.05, 0) is 55.7 Å². The standard InChI is InChI=1S/C17H21NO2/c1-11-7-14-9-13(3-6-17(14)18(20)10-11)16-5-4-15(19)8-12(16)2/h3,6-7,9-10,12,15-16,19H,4-5,8H2,1-2H3. The molecule has 1 aliphatic carbocycles. The van der Waals surface area contributed by atoms with Gasteiger partial charge in [0.1, 0.15) is 0 Å². The Labute approximate surface area is 119 Å².